The van der Waals surface area contributed by atoms with Crippen LogP contribution >= 0.6 is 0 Å². The van der Waals surface area contributed by atoms with Crippen LogP contribution in [-0.4, -0.2) is 44.9 Å². The second kappa shape index (κ2) is 5.74. The van der Waals surface area contributed by atoms with E-state index < -0.39 is 0 Å². The zero-order valence-corrected chi connectivity index (χ0v) is 12.0. The van der Waals surface area contributed by atoms with Crippen molar-refractivity contribution in [3.8, 4) is 0 Å². The minimum atomic E-state index is -0.00204. The summed E-state index contributed by atoms with van der Waals surface area (Å²) in [5, 5.41) is 13.6. The predicted octanol–water partition coefficient (Wildman–Crippen LogP) is 1.62. The first-order valence-electron chi connectivity index (χ1n) is 7.08. The Morgan fingerprint density at radius 3 is 2.74 bits per heavy atom. The lowest BCUT2D eigenvalue weighted by molar-refractivity contribution is 0.0695. The summed E-state index contributed by atoms with van der Waals surface area (Å²) in [5.74, 6) is 0.310. The molecule has 0 aromatic carbocycles. The molecule has 0 radical (unpaired) electrons. The van der Waals surface area contributed by atoms with Crippen LogP contribution in [0.4, 0.5) is 0 Å². The van der Waals surface area contributed by atoms with Crippen LogP contribution in [0, 0.1) is 0 Å². The van der Waals surface area contributed by atoms with Crippen LogP contribution in [0.3, 0.4) is 0 Å². The Labute approximate surface area is 114 Å². The third kappa shape index (κ3) is 2.97. The normalized spacial score (nSPS) is 15.0. The van der Waals surface area contributed by atoms with E-state index in [9.17, 15) is 4.79 Å². The fourth-order valence-corrected chi connectivity index (χ4v) is 2.22. The minimum absolute atomic E-state index is 0.00204. The highest BCUT2D eigenvalue weighted by Crippen LogP contribution is 2.28. The van der Waals surface area contributed by atoms with E-state index in [4.69, 9.17) is 5.11 Å². The fourth-order valence-electron chi connectivity index (χ4n) is 2.22. The summed E-state index contributed by atoms with van der Waals surface area (Å²) in [6, 6.07) is 2.20. The molecule has 106 valence electrons. The number of amides is 1. The van der Waals surface area contributed by atoms with Gasteiger partial charge in [0.1, 0.15) is 5.69 Å². The van der Waals surface area contributed by atoms with Crippen LogP contribution in [0.25, 0.3) is 0 Å². The Kier molecular flexibility index (Phi) is 4.24. The van der Waals surface area contributed by atoms with Gasteiger partial charge in [-0.15, -0.1) is 0 Å². The molecule has 5 nitrogen and oxygen atoms in total. The topological polar surface area (TPSA) is 58.4 Å². The molecular weight excluding hydrogens is 242 g/mol. The second-order valence-electron chi connectivity index (χ2n) is 5.38. The lowest BCUT2D eigenvalue weighted by atomic mass is 10.1. The van der Waals surface area contributed by atoms with Gasteiger partial charge in [-0.1, -0.05) is 13.8 Å². The van der Waals surface area contributed by atoms with Gasteiger partial charge in [0.2, 0.25) is 0 Å². The molecule has 0 spiro atoms. The molecule has 1 saturated carbocycles. The monoisotopic (exact) mass is 265 g/mol. The van der Waals surface area contributed by atoms with E-state index in [0.29, 0.717) is 30.7 Å². The highest BCUT2D eigenvalue weighted by molar-refractivity contribution is 5.93. The number of aliphatic hydroxyl groups excluding tert-OH is 1. The first-order valence-corrected chi connectivity index (χ1v) is 7.08. The molecule has 0 aliphatic heterocycles. The van der Waals surface area contributed by atoms with Crippen molar-refractivity contribution in [2.45, 2.75) is 52.1 Å². The molecule has 1 N–H and O–H groups in total. The number of hydrogen-bond acceptors (Lipinski definition) is 3. The largest absolute Gasteiger partial charge is 0.395 e. The molecular formula is C14H23N3O2. The van der Waals surface area contributed by atoms with Gasteiger partial charge in [-0.2, -0.15) is 5.10 Å². The maximum Gasteiger partial charge on any atom is 0.272 e. The average Bonchev–Trinajstić information content (AvgIpc) is 3.12. The Hall–Kier alpha value is -1.36. The SMILES string of the molecule is CCn1nc(C(C)C)cc1C(=O)N(CCO)C1CC1. The lowest BCUT2D eigenvalue weighted by Crippen LogP contribution is -2.36. The van der Waals surface area contributed by atoms with Crippen LogP contribution in [0.15, 0.2) is 6.07 Å². The third-order valence-electron chi connectivity index (χ3n) is 3.50. The summed E-state index contributed by atoms with van der Waals surface area (Å²) in [5.41, 5.74) is 1.59. The van der Waals surface area contributed by atoms with E-state index in [1.807, 2.05) is 13.0 Å². The summed E-state index contributed by atoms with van der Waals surface area (Å²) in [4.78, 5) is 14.4. The molecule has 1 aromatic rings. The van der Waals surface area contributed by atoms with Gasteiger partial charge in [-0.3, -0.25) is 9.48 Å². The number of aliphatic hydroxyl groups is 1. The van der Waals surface area contributed by atoms with Crippen molar-refractivity contribution in [3.63, 3.8) is 0 Å². The molecule has 0 saturated heterocycles. The molecule has 0 bridgehead atoms. The van der Waals surface area contributed by atoms with Crippen LogP contribution in [0.1, 0.15) is 55.7 Å². The molecule has 0 atom stereocenters. The van der Waals surface area contributed by atoms with Gasteiger partial charge in [0.15, 0.2) is 0 Å². The number of aromatic nitrogens is 2. The smallest absolute Gasteiger partial charge is 0.272 e. The van der Waals surface area contributed by atoms with Crippen molar-refractivity contribution >= 4 is 5.91 Å². The average molecular weight is 265 g/mol. The van der Waals surface area contributed by atoms with Gasteiger partial charge >= 0.3 is 0 Å². The van der Waals surface area contributed by atoms with Crippen molar-refractivity contribution in [1.29, 1.82) is 0 Å². The van der Waals surface area contributed by atoms with E-state index >= 15 is 0 Å². The number of carbonyl (C=O) groups is 1. The molecule has 5 heteroatoms. The molecule has 1 fully saturated rings. The summed E-state index contributed by atoms with van der Waals surface area (Å²) in [7, 11) is 0. The Balaban J connectivity index is 2.25. The van der Waals surface area contributed by atoms with Crippen molar-refractivity contribution in [2.75, 3.05) is 13.2 Å². The first-order chi connectivity index (χ1) is 9.08. The second-order valence-corrected chi connectivity index (χ2v) is 5.38. The number of carbonyl (C=O) groups excluding carboxylic acids is 1. The maximum atomic E-state index is 12.6. The van der Waals surface area contributed by atoms with E-state index in [1.54, 1.807) is 9.58 Å². The summed E-state index contributed by atoms with van der Waals surface area (Å²) >= 11 is 0. The maximum absolute atomic E-state index is 12.6. The van der Waals surface area contributed by atoms with Crippen molar-refractivity contribution in [3.05, 3.63) is 17.5 Å². The lowest BCUT2D eigenvalue weighted by Gasteiger charge is -2.21. The zero-order chi connectivity index (χ0) is 14.0. The minimum Gasteiger partial charge on any atom is -0.395 e. The van der Waals surface area contributed by atoms with E-state index in [-0.39, 0.29) is 12.5 Å². The molecule has 1 amide bonds. The van der Waals surface area contributed by atoms with Gasteiger partial charge in [-0.25, -0.2) is 0 Å². The first kappa shape index (κ1) is 14.1. The summed E-state index contributed by atoms with van der Waals surface area (Å²) in [6.45, 7) is 7.24. The third-order valence-corrected chi connectivity index (χ3v) is 3.50. The number of aryl methyl sites for hydroxylation is 1. The van der Waals surface area contributed by atoms with Gasteiger partial charge in [0.25, 0.3) is 5.91 Å². The van der Waals surface area contributed by atoms with Crippen LogP contribution < -0.4 is 0 Å². The van der Waals surface area contributed by atoms with Crippen LogP contribution in [0.2, 0.25) is 0 Å². The fraction of sp³-hybridized carbons (Fsp3) is 0.714. The predicted molar refractivity (Wildman–Crippen MR) is 73.1 cm³/mol. The number of rotatable bonds is 6. The standard InChI is InChI=1S/C14H23N3O2/c1-4-17-13(9-12(15-17)10(2)3)14(19)16(7-8-18)11-5-6-11/h9-11,18H,4-8H2,1-3H3. The summed E-state index contributed by atoms with van der Waals surface area (Å²) < 4.78 is 1.77. The molecule has 1 aliphatic rings. The highest BCUT2D eigenvalue weighted by atomic mass is 16.3. The zero-order valence-electron chi connectivity index (χ0n) is 12.0. The molecule has 0 unspecified atom stereocenters. The van der Waals surface area contributed by atoms with Crippen molar-refractivity contribution in [1.82, 2.24) is 14.7 Å². The molecule has 19 heavy (non-hydrogen) atoms. The molecule has 1 aliphatic carbocycles. The number of hydrogen-bond donors (Lipinski definition) is 1. The molecule has 1 aromatic heterocycles. The van der Waals surface area contributed by atoms with Crippen LogP contribution in [0.5, 0.6) is 0 Å². The molecule has 1 heterocycles. The number of nitrogens with zero attached hydrogens (tertiary/aromatic N) is 3. The van der Waals surface area contributed by atoms with Crippen molar-refractivity contribution in [2.24, 2.45) is 0 Å². The quantitative estimate of drug-likeness (QED) is 0.850. The van der Waals surface area contributed by atoms with E-state index in [1.165, 1.54) is 0 Å². The van der Waals surface area contributed by atoms with Gasteiger partial charge < -0.3 is 10.0 Å². The summed E-state index contributed by atoms with van der Waals surface area (Å²) in [6.07, 6.45) is 2.09. The Morgan fingerprint density at radius 2 is 2.26 bits per heavy atom. The van der Waals surface area contributed by atoms with E-state index in [2.05, 4.69) is 18.9 Å². The molecule has 2 rings (SSSR count). The van der Waals surface area contributed by atoms with Crippen molar-refractivity contribution < 1.29 is 9.90 Å². The van der Waals surface area contributed by atoms with Gasteiger partial charge in [-0.05, 0) is 31.7 Å². The Morgan fingerprint density at radius 1 is 1.58 bits per heavy atom. The van der Waals surface area contributed by atoms with Gasteiger partial charge in [0, 0.05) is 19.1 Å². The van der Waals surface area contributed by atoms with Crippen LogP contribution in [-0.2, 0) is 6.54 Å². The highest BCUT2D eigenvalue weighted by Gasteiger charge is 2.34. The van der Waals surface area contributed by atoms with E-state index in [0.717, 1.165) is 18.5 Å². The Bertz CT molecular complexity index is 450. The van der Waals surface area contributed by atoms with Gasteiger partial charge in [0.05, 0.1) is 12.3 Å².